The quantitative estimate of drug-likeness (QED) is 0.108. The zero-order valence-electron chi connectivity index (χ0n) is 32.7. The number of carbonyl (C=O) groups is 2. The fourth-order valence-electron chi connectivity index (χ4n) is 6.53. The van der Waals surface area contributed by atoms with Crippen LogP contribution in [0.4, 0.5) is 0 Å². The summed E-state index contributed by atoms with van der Waals surface area (Å²) in [7, 11) is 0. The minimum atomic E-state index is -0.0229. The number of hydrogen-bond acceptors (Lipinski definition) is 3. The largest absolute Gasteiger partial charge is 0.289 e. The molecular formula is C46H68O2S. The number of thioether (sulfide) groups is 1. The molecule has 0 radical (unpaired) electrons. The number of Topliss-reactive ketones (excluding diaryl/α,β-unsaturated/α-hetero) is 2. The third kappa shape index (κ3) is 16.7. The molecule has 0 saturated heterocycles. The molecule has 0 amide bonds. The van der Waals surface area contributed by atoms with E-state index < -0.39 is 0 Å². The number of hydrogen-bond donors (Lipinski definition) is 0. The molecule has 0 saturated carbocycles. The Bertz CT molecular complexity index is 1390. The monoisotopic (exact) mass is 684 g/mol. The van der Waals surface area contributed by atoms with Crippen LogP contribution in [0.5, 0.6) is 0 Å². The van der Waals surface area contributed by atoms with Crippen LogP contribution in [-0.2, 0) is 0 Å². The molecular weight excluding hydrogens is 617 g/mol. The smallest absolute Gasteiger partial charge is 0.200 e. The summed E-state index contributed by atoms with van der Waals surface area (Å²) in [6.45, 7) is 18.3. The Kier molecular flexibility index (Phi) is 20.6. The molecule has 0 spiro atoms. The topological polar surface area (TPSA) is 34.1 Å². The number of rotatable bonds is 23. The lowest BCUT2D eigenvalue weighted by Gasteiger charge is -2.19. The maximum atomic E-state index is 13.1. The summed E-state index contributed by atoms with van der Waals surface area (Å²) < 4.78 is 0. The standard InChI is InChI=1S/C46H68O2S/c1-34(2)18-12-19-35(3)20-13-21-36(4)22-14-23-37(5)24-15-25-38(6)26-16-27-39(7)28-17-29-40(8)32-33-43-44(47)41-30-10-11-31-42(41)45(48)46(43)49-9/h10-11,22,24,26,28,30-32,34-35H,12-21,23,25,27,29,33H2,1-9H3/b36-22+,37-24+,38-26+,39-28+,40-32+. The van der Waals surface area contributed by atoms with E-state index >= 15 is 0 Å². The van der Waals surface area contributed by atoms with Crippen molar-refractivity contribution in [3.05, 3.63) is 104 Å². The lowest BCUT2D eigenvalue weighted by atomic mass is 9.87. The number of ketones is 2. The summed E-state index contributed by atoms with van der Waals surface area (Å²) in [5.41, 5.74) is 8.97. The fraction of sp³-hybridized carbons (Fsp3) is 0.565. The summed E-state index contributed by atoms with van der Waals surface area (Å²) in [5, 5.41) is 0. The van der Waals surface area contributed by atoms with Gasteiger partial charge in [0.05, 0.1) is 4.91 Å². The van der Waals surface area contributed by atoms with Gasteiger partial charge in [-0.05, 0) is 123 Å². The summed E-state index contributed by atoms with van der Waals surface area (Å²) in [4.78, 5) is 26.7. The molecule has 3 heteroatoms. The number of fused-ring (bicyclic) bond motifs is 1. The maximum absolute atomic E-state index is 13.1. The van der Waals surface area contributed by atoms with E-state index in [1.54, 1.807) is 17.7 Å². The Hall–Kier alpha value is -2.65. The van der Waals surface area contributed by atoms with Crippen LogP contribution in [0.2, 0.25) is 0 Å². The molecule has 1 aliphatic rings. The first kappa shape index (κ1) is 42.5. The van der Waals surface area contributed by atoms with Gasteiger partial charge in [0.1, 0.15) is 0 Å². The lowest BCUT2D eigenvalue weighted by Crippen LogP contribution is -2.20. The van der Waals surface area contributed by atoms with Crippen LogP contribution in [0, 0.1) is 11.8 Å². The van der Waals surface area contributed by atoms with Gasteiger partial charge in [-0.2, -0.15) is 0 Å². The third-order valence-electron chi connectivity index (χ3n) is 9.90. The molecule has 1 aromatic carbocycles. The highest BCUT2D eigenvalue weighted by atomic mass is 32.2. The van der Waals surface area contributed by atoms with Gasteiger partial charge in [-0.3, -0.25) is 9.59 Å². The first-order valence-electron chi connectivity index (χ1n) is 19.2. The Morgan fingerprint density at radius 3 is 1.49 bits per heavy atom. The predicted octanol–water partition coefficient (Wildman–Crippen LogP) is 14.6. The van der Waals surface area contributed by atoms with Gasteiger partial charge in [-0.1, -0.05) is 129 Å². The van der Waals surface area contributed by atoms with E-state index in [2.05, 4.69) is 85.8 Å². The highest BCUT2D eigenvalue weighted by Crippen LogP contribution is 2.33. The van der Waals surface area contributed by atoms with Crippen molar-refractivity contribution in [3.8, 4) is 0 Å². The Morgan fingerprint density at radius 2 is 1.02 bits per heavy atom. The summed E-state index contributed by atoms with van der Waals surface area (Å²) in [6, 6.07) is 7.18. The van der Waals surface area contributed by atoms with Crippen molar-refractivity contribution >= 4 is 23.3 Å². The number of benzene rings is 1. The van der Waals surface area contributed by atoms with Gasteiger partial charge in [0.2, 0.25) is 5.78 Å². The average molecular weight is 685 g/mol. The number of carbonyl (C=O) groups excluding carboxylic acids is 2. The molecule has 0 N–H and O–H groups in total. The van der Waals surface area contributed by atoms with Gasteiger partial charge in [0, 0.05) is 16.7 Å². The molecule has 1 unspecified atom stereocenters. The van der Waals surface area contributed by atoms with Crippen LogP contribution in [0.25, 0.3) is 0 Å². The molecule has 0 aromatic heterocycles. The van der Waals surface area contributed by atoms with Crippen molar-refractivity contribution in [1.82, 2.24) is 0 Å². The molecule has 0 fully saturated rings. The molecule has 0 heterocycles. The van der Waals surface area contributed by atoms with Crippen molar-refractivity contribution in [2.75, 3.05) is 6.26 Å². The van der Waals surface area contributed by atoms with Gasteiger partial charge < -0.3 is 0 Å². The fourth-order valence-corrected chi connectivity index (χ4v) is 7.24. The Labute approximate surface area is 305 Å². The first-order valence-corrected chi connectivity index (χ1v) is 20.4. The van der Waals surface area contributed by atoms with Crippen molar-refractivity contribution in [2.24, 2.45) is 11.8 Å². The van der Waals surface area contributed by atoms with Crippen LogP contribution >= 0.6 is 11.8 Å². The molecule has 2 rings (SSSR count). The maximum Gasteiger partial charge on any atom is 0.200 e. The van der Waals surface area contributed by atoms with Crippen molar-refractivity contribution in [3.63, 3.8) is 0 Å². The summed E-state index contributed by atoms with van der Waals surface area (Å²) in [5.74, 6) is 1.67. The molecule has 270 valence electrons. The van der Waals surface area contributed by atoms with E-state index in [9.17, 15) is 9.59 Å². The number of allylic oxidation sites excluding steroid dienone is 12. The van der Waals surface area contributed by atoms with Gasteiger partial charge in [-0.15, -0.1) is 11.8 Å². The second kappa shape index (κ2) is 23.7. The van der Waals surface area contributed by atoms with Gasteiger partial charge in [0.15, 0.2) is 5.78 Å². The second-order valence-corrected chi connectivity index (χ2v) is 16.0. The van der Waals surface area contributed by atoms with Crippen LogP contribution < -0.4 is 0 Å². The van der Waals surface area contributed by atoms with Crippen molar-refractivity contribution in [2.45, 2.75) is 152 Å². The molecule has 0 bridgehead atoms. The normalized spacial score (nSPS) is 15.8. The van der Waals surface area contributed by atoms with Crippen molar-refractivity contribution < 1.29 is 9.59 Å². The Morgan fingerprint density at radius 1 is 0.592 bits per heavy atom. The molecule has 2 nitrogen and oxygen atoms in total. The lowest BCUT2D eigenvalue weighted by molar-refractivity contribution is 0.0980. The molecule has 1 atom stereocenters. The zero-order valence-corrected chi connectivity index (χ0v) is 33.5. The minimum absolute atomic E-state index is 0.00880. The van der Waals surface area contributed by atoms with Crippen LogP contribution in [0.3, 0.4) is 0 Å². The van der Waals surface area contributed by atoms with Crippen LogP contribution in [0.15, 0.2) is 93.0 Å². The third-order valence-corrected chi connectivity index (χ3v) is 10.7. The molecule has 1 aromatic rings. The van der Waals surface area contributed by atoms with E-state index in [0.29, 0.717) is 28.0 Å². The van der Waals surface area contributed by atoms with Crippen LogP contribution in [-0.4, -0.2) is 17.8 Å². The van der Waals surface area contributed by atoms with E-state index in [1.165, 1.54) is 85.4 Å². The second-order valence-electron chi connectivity index (χ2n) is 15.1. The molecule has 0 aliphatic heterocycles. The highest BCUT2D eigenvalue weighted by molar-refractivity contribution is 8.03. The van der Waals surface area contributed by atoms with Gasteiger partial charge >= 0.3 is 0 Å². The highest BCUT2D eigenvalue weighted by Gasteiger charge is 2.30. The summed E-state index contributed by atoms with van der Waals surface area (Å²) in [6.07, 6.45) is 31.1. The molecule has 49 heavy (non-hydrogen) atoms. The van der Waals surface area contributed by atoms with Crippen molar-refractivity contribution in [1.29, 1.82) is 0 Å². The average Bonchev–Trinajstić information content (AvgIpc) is 3.05. The van der Waals surface area contributed by atoms with Gasteiger partial charge in [0.25, 0.3) is 0 Å². The zero-order chi connectivity index (χ0) is 36.2. The predicted molar refractivity (Wildman–Crippen MR) is 218 cm³/mol. The van der Waals surface area contributed by atoms with E-state index in [1.807, 2.05) is 18.4 Å². The summed E-state index contributed by atoms with van der Waals surface area (Å²) >= 11 is 1.39. The van der Waals surface area contributed by atoms with E-state index in [4.69, 9.17) is 0 Å². The SMILES string of the molecule is CSC1=C(C/C=C(\C)CC/C=C(\C)CC/C=C(\C)CC/C=C(\C)CC/C=C(\C)CCCC(C)CCCC(C)C)C(=O)c2ccccc2C1=O. The van der Waals surface area contributed by atoms with Gasteiger partial charge in [-0.25, -0.2) is 0 Å². The Balaban J connectivity index is 1.65. The van der Waals surface area contributed by atoms with E-state index in [-0.39, 0.29) is 11.6 Å². The van der Waals surface area contributed by atoms with Crippen LogP contribution in [0.1, 0.15) is 172 Å². The molecule has 1 aliphatic carbocycles. The minimum Gasteiger partial charge on any atom is -0.289 e. The first-order chi connectivity index (χ1) is 23.4. The van der Waals surface area contributed by atoms with E-state index in [0.717, 1.165) is 50.4 Å².